The molecule has 1 N–H and O–H groups in total. The second-order valence-corrected chi connectivity index (χ2v) is 9.73. The molecule has 0 spiro atoms. The maximum atomic E-state index is 13.7. The van der Waals surface area contributed by atoms with Crippen LogP contribution in [-0.2, 0) is 16.1 Å². The molecule has 186 valence electrons. The Morgan fingerprint density at radius 2 is 1.94 bits per heavy atom. The molecule has 8 heteroatoms. The zero-order valence-electron chi connectivity index (χ0n) is 20.2. The predicted molar refractivity (Wildman–Crippen MR) is 133 cm³/mol. The predicted octanol–water partition coefficient (Wildman–Crippen LogP) is 1.78. The zero-order chi connectivity index (χ0) is 24.0. The number of hydrogen-bond acceptors (Lipinski definition) is 6. The van der Waals surface area contributed by atoms with Crippen LogP contribution < -0.4 is 5.32 Å². The summed E-state index contributed by atoms with van der Waals surface area (Å²) in [6.45, 7) is 5.85. The maximum absolute atomic E-state index is 13.7. The van der Waals surface area contributed by atoms with Gasteiger partial charge in [-0.25, -0.2) is 0 Å². The number of carbonyl (C=O) groups is 2. The molecule has 0 aliphatic carbocycles. The average molecular weight is 478 g/mol. The summed E-state index contributed by atoms with van der Waals surface area (Å²) in [5.41, 5.74) is 1.76. The number of hydrogen-bond donors (Lipinski definition) is 1. The van der Waals surface area contributed by atoms with Crippen molar-refractivity contribution in [1.82, 2.24) is 25.0 Å². The Morgan fingerprint density at radius 1 is 1.11 bits per heavy atom. The number of amides is 2. The smallest absolute Gasteiger partial charge is 0.256 e. The molecule has 3 aliphatic heterocycles. The van der Waals surface area contributed by atoms with Gasteiger partial charge >= 0.3 is 0 Å². The molecule has 3 fully saturated rings. The highest BCUT2D eigenvalue weighted by Crippen LogP contribution is 2.28. The summed E-state index contributed by atoms with van der Waals surface area (Å²) >= 11 is 0. The summed E-state index contributed by atoms with van der Waals surface area (Å²) in [4.78, 5) is 37.5. The van der Waals surface area contributed by atoms with Gasteiger partial charge in [-0.05, 0) is 37.0 Å². The minimum atomic E-state index is -0.464. The molecule has 3 atom stereocenters. The van der Waals surface area contributed by atoms with E-state index >= 15 is 0 Å². The Hall–Kier alpha value is -2.81. The monoisotopic (exact) mass is 477 g/mol. The average Bonchev–Trinajstić information content (AvgIpc) is 3.59. The fourth-order valence-corrected chi connectivity index (χ4v) is 5.50. The number of benzene rings is 1. The zero-order valence-corrected chi connectivity index (χ0v) is 20.2. The third-order valence-electron chi connectivity index (χ3n) is 7.37. The number of piperazine rings is 1. The van der Waals surface area contributed by atoms with Crippen molar-refractivity contribution < 1.29 is 14.3 Å². The van der Waals surface area contributed by atoms with Gasteiger partial charge in [0.05, 0.1) is 11.7 Å². The van der Waals surface area contributed by atoms with Gasteiger partial charge < -0.3 is 19.9 Å². The van der Waals surface area contributed by atoms with Crippen LogP contribution in [0, 0.1) is 0 Å². The van der Waals surface area contributed by atoms with Crippen molar-refractivity contribution >= 4 is 11.8 Å². The molecule has 2 amide bonds. The van der Waals surface area contributed by atoms with E-state index in [2.05, 4.69) is 39.5 Å². The van der Waals surface area contributed by atoms with Gasteiger partial charge in [-0.2, -0.15) is 0 Å². The van der Waals surface area contributed by atoms with E-state index in [1.165, 1.54) is 5.56 Å². The maximum Gasteiger partial charge on any atom is 0.256 e. The largest absolute Gasteiger partial charge is 0.377 e. The van der Waals surface area contributed by atoms with Gasteiger partial charge in [-0.15, -0.1) is 0 Å². The van der Waals surface area contributed by atoms with E-state index in [4.69, 9.17) is 4.74 Å². The van der Waals surface area contributed by atoms with E-state index in [0.717, 1.165) is 45.6 Å². The highest BCUT2D eigenvalue weighted by Gasteiger charge is 2.44. The van der Waals surface area contributed by atoms with Crippen molar-refractivity contribution in [3.63, 3.8) is 0 Å². The molecule has 8 nitrogen and oxygen atoms in total. The van der Waals surface area contributed by atoms with Gasteiger partial charge in [-0.1, -0.05) is 30.3 Å². The van der Waals surface area contributed by atoms with E-state index in [9.17, 15) is 9.59 Å². The Balaban J connectivity index is 1.40. The Morgan fingerprint density at radius 3 is 2.66 bits per heavy atom. The van der Waals surface area contributed by atoms with E-state index in [0.29, 0.717) is 31.6 Å². The first-order chi connectivity index (χ1) is 17.2. The third kappa shape index (κ3) is 5.72. The van der Waals surface area contributed by atoms with Crippen LogP contribution in [0.2, 0.25) is 0 Å². The normalized spacial score (nSPS) is 24.8. The molecule has 3 saturated heterocycles. The van der Waals surface area contributed by atoms with Gasteiger partial charge in [0.1, 0.15) is 6.04 Å². The number of rotatable bonds is 7. The topological polar surface area (TPSA) is 78.0 Å². The lowest BCUT2D eigenvalue weighted by Gasteiger charge is -2.32. The standard InChI is InChI=1S/C27H35N5O3/c33-26(22-8-4-10-29-17-22)32-19-23(16-25(32)27(34)30-13-11-28-12-14-30)31(20-24-9-5-15-35-24)18-21-6-2-1-3-7-21/h1-4,6-8,10,17,23-25,28H,5,9,11-16,18-20H2. The number of likely N-dealkylation sites (tertiary alicyclic amines) is 1. The number of aromatic nitrogens is 1. The number of carbonyl (C=O) groups excluding carboxylic acids is 2. The van der Waals surface area contributed by atoms with Crippen molar-refractivity contribution in [3.05, 3.63) is 66.0 Å². The fourth-order valence-electron chi connectivity index (χ4n) is 5.50. The summed E-state index contributed by atoms with van der Waals surface area (Å²) in [6, 6.07) is 13.6. The second-order valence-electron chi connectivity index (χ2n) is 9.73. The first-order valence-corrected chi connectivity index (χ1v) is 12.8. The molecular formula is C27H35N5O3. The molecule has 35 heavy (non-hydrogen) atoms. The number of ether oxygens (including phenoxy) is 1. The van der Waals surface area contributed by atoms with E-state index in [1.807, 2.05) is 11.0 Å². The van der Waals surface area contributed by atoms with Gasteiger partial charge in [0.25, 0.3) is 5.91 Å². The molecule has 3 unspecified atom stereocenters. The first-order valence-electron chi connectivity index (χ1n) is 12.8. The molecule has 1 aromatic carbocycles. The highest BCUT2D eigenvalue weighted by molar-refractivity contribution is 5.97. The van der Waals surface area contributed by atoms with Crippen molar-refractivity contribution in [2.75, 3.05) is 45.9 Å². The lowest BCUT2D eigenvalue weighted by atomic mass is 10.1. The lowest BCUT2D eigenvalue weighted by molar-refractivity contribution is -0.135. The molecule has 1 aromatic heterocycles. The molecule has 3 aliphatic rings. The minimum absolute atomic E-state index is 0.0583. The van der Waals surface area contributed by atoms with Gasteiger partial charge in [0.15, 0.2) is 0 Å². The van der Waals surface area contributed by atoms with Crippen LogP contribution in [0.1, 0.15) is 35.2 Å². The van der Waals surface area contributed by atoms with Crippen LogP contribution in [0.5, 0.6) is 0 Å². The van der Waals surface area contributed by atoms with Crippen molar-refractivity contribution in [2.24, 2.45) is 0 Å². The lowest BCUT2D eigenvalue weighted by Crippen LogP contribution is -2.53. The number of nitrogens with one attached hydrogen (secondary N) is 1. The van der Waals surface area contributed by atoms with Crippen molar-refractivity contribution in [3.8, 4) is 0 Å². The van der Waals surface area contributed by atoms with Gasteiger partial charge in [0, 0.05) is 70.9 Å². The van der Waals surface area contributed by atoms with Crippen LogP contribution >= 0.6 is 0 Å². The van der Waals surface area contributed by atoms with E-state index in [1.54, 1.807) is 29.4 Å². The third-order valence-corrected chi connectivity index (χ3v) is 7.37. The van der Waals surface area contributed by atoms with Crippen LogP contribution in [-0.4, -0.2) is 95.6 Å². The van der Waals surface area contributed by atoms with Crippen molar-refractivity contribution in [2.45, 2.75) is 44.0 Å². The van der Waals surface area contributed by atoms with Crippen LogP contribution in [0.15, 0.2) is 54.9 Å². The molecule has 0 saturated carbocycles. The molecule has 0 bridgehead atoms. The Kier molecular flexibility index (Phi) is 7.71. The molecule has 5 rings (SSSR count). The molecule has 2 aromatic rings. The molecule has 0 radical (unpaired) electrons. The summed E-state index contributed by atoms with van der Waals surface area (Å²) in [7, 11) is 0. The minimum Gasteiger partial charge on any atom is -0.377 e. The van der Waals surface area contributed by atoms with Gasteiger partial charge in [0.2, 0.25) is 5.91 Å². The van der Waals surface area contributed by atoms with Gasteiger partial charge in [-0.3, -0.25) is 19.5 Å². The quantitative estimate of drug-likeness (QED) is 0.655. The Labute approximate surface area is 207 Å². The number of pyridine rings is 1. The van der Waals surface area contributed by atoms with Crippen LogP contribution in [0.3, 0.4) is 0 Å². The summed E-state index contributed by atoms with van der Waals surface area (Å²) in [5.74, 6) is -0.0612. The van der Waals surface area contributed by atoms with Crippen LogP contribution in [0.25, 0.3) is 0 Å². The SMILES string of the molecule is O=C(C1CC(N(Cc2ccccc2)CC2CCCO2)CN1C(=O)c1cccnc1)N1CCNCC1. The van der Waals surface area contributed by atoms with E-state index < -0.39 is 6.04 Å². The van der Waals surface area contributed by atoms with E-state index in [-0.39, 0.29) is 24.0 Å². The summed E-state index contributed by atoms with van der Waals surface area (Å²) in [6.07, 6.45) is 6.23. The molecular weight excluding hydrogens is 442 g/mol. The summed E-state index contributed by atoms with van der Waals surface area (Å²) < 4.78 is 5.98. The summed E-state index contributed by atoms with van der Waals surface area (Å²) in [5, 5.41) is 3.31. The van der Waals surface area contributed by atoms with Crippen molar-refractivity contribution in [1.29, 1.82) is 0 Å². The number of nitrogens with zero attached hydrogens (tertiary/aromatic N) is 4. The first kappa shape index (κ1) is 23.9. The second kappa shape index (κ2) is 11.3. The van der Waals surface area contributed by atoms with Crippen LogP contribution in [0.4, 0.5) is 0 Å². The fraction of sp³-hybridized carbons (Fsp3) is 0.519. The highest BCUT2D eigenvalue weighted by atomic mass is 16.5. The molecule has 4 heterocycles. The Bertz CT molecular complexity index is 977.